The number of carbonyl (C=O) groups excluding carboxylic acids is 1. The van der Waals surface area contributed by atoms with E-state index in [9.17, 15) is 4.79 Å². The molecule has 0 radical (unpaired) electrons. The van der Waals surface area contributed by atoms with Gasteiger partial charge in [-0.3, -0.25) is 4.79 Å². The first kappa shape index (κ1) is 11.2. The molecule has 14 heavy (non-hydrogen) atoms. The van der Waals surface area contributed by atoms with Gasteiger partial charge in [-0.1, -0.05) is 39.0 Å². The highest BCUT2D eigenvalue weighted by Crippen LogP contribution is 2.25. The lowest BCUT2D eigenvalue weighted by Crippen LogP contribution is -2.32. The number of nitrogens with zero attached hydrogens (tertiary/aromatic N) is 1. The summed E-state index contributed by atoms with van der Waals surface area (Å²) in [5.41, 5.74) is 0.478. The van der Waals surface area contributed by atoms with Crippen molar-refractivity contribution in [2.75, 3.05) is 3.93 Å². The molecule has 0 fully saturated rings. The van der Waals surface area contributed by atoms with Gasteiger partial charge in [0.2, 0.25) is 5.91 Å². The minimum Gasteiger partial charge on any atom is -0.273 e. The maximum Gasteiger partial charge on any atom is 0.242 e. The van der Waals surface area contributed by atoms with Crippen LogP contribution >= 0.6 is 16.1 Å². The molecular weight excluding hydrogens is 242 g/mol. The number of para-hydroxylation sites is 1. The number of benzene rings is 1. The molecule has 0 N–H and O–H groups in total. The van der Waals surface area contributed by atoms with Gasteiger partial charge < -0.3 is 0 Å². The molecular formula is C11H14BrNO. The van der Waals surface area contributed by atoms with Crippen molar-refractivity contribution in [3.05, 3.63) is 30.3 Å². The SMILES string of the molecule is CC(C)(C)C(=O)N(Br)c1ccccc1. The molecule has 0 bridgehead atoms. The van der Waals surface area contributed by atoms with Crippen molar-refractivity contribution in [3.8, 4) is 0 Å². The summed E-state index contributed by atoms with van der Waals surface area (Å²) >= 11 is 3.27. The third-order valence-electron chi connectivity index (χ3n) is 1.80. The summed E-state index contributed by atoms with van der Waals surface area (Å²) in [6.07, 6.45) is 0. The molecule has 1 rings (SSSR count). The maximum atomic E-state index is 11.8. The van der Waals surface area contributed by atoms with Crippen LogP contribution in [0.3, 0.4) is 0 Å². The van der Waals surface area contributed by atoms with E-state index in [0.29, 0.717) is 0 Å². The number of hydrogen-bond donors (Lipinski definition) is 0. The summed E-state index contributed by atoms with van der Waals surface area (Å²) < 4.78 is 1.51. The number of anilines is 1. The Kier molecular flexibility index (Phi) is 3.32. The van der Waals surface area contributed by atoms with Crippen LogP contribution in [-0.2, 0) is 4.79 Å². The zero-order chi connectivity index (χ0) is 10.8. The lowest BCUT2D eigenvalue weighted by atomic mass is 9.95. The van der Waals surface area contributed by atoms with Gasteiger partial charge in [-0.2, -0.15) is 0 Å². The molecule has 0 unspecified atom stereocenters. The van der Waals surface area contributed by atoms with E-state index in [2.05, 4.69) is 16.1 Å². The summed E-state index contributed by atoms with van der Waals surface area (Å²) in [6.45, 7) is 5.69. The topological polar surface area (TPSA) is 20.3 Å². The molecule has 1 amide bonds. The first-order chi connectivity index (χ1) is 6.43. The molecule has 0 aromatic heterocycles. The van der Waals surface area contributed by atoms with Crippen LogP contribution in [0.25, 0.3) is 0 Å². The van der Waals surface area contributed by atoms with E-state index in [0.717, 1.165) is 5.69 Å². The molecule has 0 aliphatic heterocycles. The molecule has 2 nitrogen and oxygen atoms in total. The van der Waals surface area contributed by atoms with E-state index in [4.69, 9.17) is 0 Å². The fourth-order valence-corrected chi connectivity index (χ4v) is 1.74. The van der Waals surface area contributed by atoms with E-state index in [1.807, 2.05) is 51.1 Å². The fourth-order valence-electron chi connectivity index (χ4n) is 0.971. The third-order valence-corrected chi connectivity index (χ3v) is 2.53. The van der Waals surface area contributed by atoms with Crippen molar-refractivity contribution in [2.24, 2.45) is 5.41 Å². The normalized spacial score (nSPS) is 11.1. The van der Waals surface area contributed by atoms with Gasteiger partial charge in [-0.05, 0) is 12.1 Å². The van der Waals surface area contributed by atoms with E-state index in [1.165, 1.54) is 3.93 Å². The van der Waals surface area contributed by atoms with Crippen molar-refractivity contribution >= 4 is 27.7 Å². The number of carbonyl (C=O) groups is 1. The van der Waals surface area contributed by atoms with Crippen LogP contribution in [0.5, 0.6) is 0 Å². The van der Waals surface area contributed by atoms with Gasteiger partial charge in [-0.15, -0.1) is 0 Å². The Labute approximate surface area is 93.3 Å². The molecule has 0 aliphatic carbocycles. The Morgan fingerprint density at radius 1 is 1.21 bits per heavy atom. The zero-order valence-corrected chi connectivity index (χ0v) is 10.2. The van der Waals surface area contributed by atoms with Crippen molar-refractivity contribution in [2.45, 2.75) is 20.8 Å². The minimum absolute atomic E-state index is 0.0451. The van der Waals surface area contributed by atoms with Crippen LogP contribution < -0.4 is 3.93 Å². The van der Waals surface area contributed by atoms with Gasteiger partial charge in [-0.25, -0.2) is 3.93 Å². The van der Waals surface area contributed by atoms with Crippen molar-refractivity contribution in [1.82, 2.24) is 0 Å². The second kappa shape index (κ2) is 4.13. The second-order valence-corrected chi connectivity index (χ2v) is 4.88. The Bertz CT molecular complexity index is 316. The Morgan fingerprint density at radius 3 is 2.14 bits per heavy atom. The van der Waals surface area contributed by atoms with Gasteiger partial charge in [0, 0.05) is 5.41 Å². The Morgan fingerprint density at radius 2 is 1.71 bits per heavy atom. The average Bonchev–Trinajstić information content (AvgIpc) is 2.15. The number of rotatable bonds is 1. The summed E-state index contributed by atoms with van der Waals surface area (Å²) in [4.78, 5) is 11.8. The quantitative estimate of drug-likeness (QED) is 0.705. The standard InChI is InChI=1S/C11H14BrNO/c1-11(2,3)10(14)13(12)9-7-5-4-6-8-9/h4-8H,1-3H3. The predicted molar refractivity (Wildman–Crippen MR) is 62.3 cm³/mol. The third kappa shape index (κ3) is 2.58. The summed E-state index contributed by atoms with van der Waals surface area (Å²) in [5, 5.41) is 0. The summed E-state index contributed by atoms with van der Waals surface area (Å²) in [7, 11) is 0. The molecule has 0 heterocycles. The lowest BCUT2D eigenvalue weighted by Gasteiger charge is -2.23. The van der Waals surface area contributed by atoms with Crippen LogP contribution in [0.15, 0.2) is 30.3 Å². The van der Waals surface area contributed by atoms with Crippen LogP contribution in [-0.4, -0.2) is 5.91 Å². The molecule has 1 aromatic carbocycles. The summed E-state index contributed by atoms with van der Waals surface area (Å²) in [5.74, 6) is 0.0451. The van der Waals surface area contributed by atoms with Crippen LogP contribution in [0.2, 0.25) is 0 Å². The Hall–Kier alpha value is -0.830. The second-order valence-electron chi connectivity index (χ2n) is 4.17. The van der Waals surface area contributed by atoms with E-state index in [-0.39, 0.29) is 11.3 Å². The van der Waals surface area contributed by atoms with E-state index < -0.39 is 0 Å². The maximum absolute atomic E-state index is 11.8. The van der Waals surface area contributed by atoms with Crippen molar-refractivity contribution in [1.29, 1.82) is 0 Å². The highest BCUT2D eigenvalue weighted by atomic mass is 79.9. The van der Waals surface area contributed by atoms with Crippen molar-refractivity contribution < 1.29 is 4.79 Å². The smallest absolute Gasteiger partial charge is 0.242 e. The zero-order valence-electron chi connectivity index (χ0n) is 8.62. The molecule has 0 saturated heterocycles. The lowest BCUT2D eigenvalue weighted by molar-refractivity contribution is -0.124. The predicted octanol–water partition coefficient (Wildman–Crippen LogP) is 3.38. The highest BCUT2D eigenvalue weighted by molar-refractivity contribution is 9.10. The van der Waals surface area contributed by atoms with E-state index >= 15 is 0 Å². The van der Waals surface area contributed by atoms with Gasteiger partial charge in [0.1, 0.15) is 0 Å². The largest absolute Gasteiger partial charge is 0.273 e. The average molecular weight is 256 g/mol. The number of amides is 1. The number of halogens is 1. The first-order valence-corrected chi connectivity index (χ1v) is 5.19. The highest BCUT2D eigenvalue weighted by Gasteiger charge is 2.26. The fraction of sp³-hybridized carbons (Fsp3) is 0.364. The molecule has 0 aliphatic rings. The summed E-state index contributed by atoms with van der Waals surface area (Å²) in [6, 6.07) is 9.50. The Balaban J connectivity index is 2.87. The molecule has 0 atom stereocenters. The molecule has 0 saturated carbocycles. The van der Waals surface area contributed by atoms with Gasteiger partial charge in [0.15, 0.2) is 0 Å². The van der Waals surface area contributed by atoms with Gasteiger partial charge in [0.25, 0.3) is 0 Å². The monoisotopic (exact) mass is 255 g/mol. The van der Waals surface area contributed by atoms with Crippen LogP contribution in [0, 0.1) is 5.41 Å². The minimum atomic E-state index is -0.376. The van der Waals surface area contributed by atoms with Crippen LogP contribution in [0.4, 0.5) is 5.69 Å². The van der Waals surface area contributed by atoms with Crippen molar-refractivity contribution in [3.63, 3.8) is 0 Å². The van der Waals surface area contributed by atoms with Gasteiger partial charge in [0.05, 0.1) is 21.8 Å². The molecule has 1 aromatic rings. The number of hydrogen-bond acceptors (Lipinski definition) is 1. The van der Waals surface area contributed by atoms with Gasteiger partial charge >= 0.3 is 0 Å². The molecule has 0 spiro atoms. The molecule has 3 heteroatoms. The van der Waals surface area contributed by atoms with Crippen LogP contribution in [0.1, 0.15) is 20.8 Å². The first-order valence-electron chi connectivity index (χ1n) is 4.48. The molecule has 76 valence electrons. The van der Waals surface area contributed by atoms with E-state index in [1.54, 1.807) is 0 Å².